The molecule has 7 nitrogen and oxygen atoms in total. The van der Waals surface area contributed by atoms with Gasteiger partial charge in [-0.05, 0) is 12.3 Å². The molecule has 0 fully saturated rings. The number of nitro benzene ring substituents is 1. The Kier molecular flexibility index (Phi) is 4.81. The lowest BCUT2D eigenvalue weighted by Gasteiger charge is -2.09. The van der Waals surface area contributed by atoms with E-state index in [1.165, 1.54) is 30.0 Å². The highest BCUT2D eigenvalue weighted by Gasteiger charge is 2.12. The molecule has 2 rings (SSSR count). The van der Waals surface area contributed by atoms with E-state index in [1.54, 1.807) is 13.1 Å². The molecule has 1 heterocycles. The molecule has 0 aliphatic rings. The maximum atomic E-state index is 10.7. The van der Waals surface area contributed by atoms with Gasteiger partial charge in [0, 0.05) is 25.2 Å². The summed E-state index contributed by atoms with van der Waals surface area (Å²) in [5, 5.41) is 14.2. The van der Waals surface area contributed by atoms with Crippen molar-refractivity contribution in [2.75, 3.05) is 18.6 Å². The van der Waals surface area contributed by atoms with Gasteiger partial charge in [-0.3, -0.25) is 10.1 Å². The highest BCUT2D eigenvalue weighted by Crippen LogP contribution is 2.32. The summed E-state index contributed by atoms with van der Waals surface area (Å²) in [4.78, 5) is 18.5. The van der Waals surface area contributed by atoms with Gasteiger partial charge >= 0.3 is 0 Å². The van der Waals surface area contributed by atoms with Crippen LogP contribution < -0.4 is 10.1 Å². The lowest BCUT2D eigenvalue weighted by atomic mass is 10.3. The molecule has 0 radical (unpaired) electrons. The van der Waals surface area contributed by atoms with Crippen LogP contribution in [0, 0.1) is 10.1 Å². The number of hydrogen-bond donors (Lipinski definition) is 1. The summed E-state index contributed by atoms with van der Waals surface area (Å²) in [6, 6.07) is 5.58. The fourth-order valence-corrected chi connectivity index (χ4v) is 2.06. The fourth-order valence-electron chi connectivity index (χ4n) is 1.47. The van der Waals surface area contributed by atoms with Crippen molar-refractivity contribution in [3.63, 3.8) is 0 Å². The average molecular weight is 327 g/mol. The van der Waals surface area contributed by atoms with Gasteiger partial charge < -0.3 is 10.1 Å². The van der Waals surface area contributed by atoms with Crippen LogP contribution in [0.4, 0.5) is 11.5 Å². The molecule has 0 aliphatic heterocycles. The number of nitro groups is 1. The van der Waals surface area contributed by atoms with Crippen molar-refractivity contribution in [2.24, 2.45) is 0 Å². The zero-order chi connectivity index (χ0) is 15.4. The predicted molar refractivity (Wildman–Crippen MR) is 81.5 cm³/mol. The minimum absolute atomic E-state index is 0.101. The number of benzene rings is 1. The maximum Gasteiger partial charge on any atom is 0.271 e. The molecule has 0 amide bonds. The van der Waals surface area contributed by atoms with E-state index in [9.17, 15) is 10.1 Å². The number of ether oxygens (including phenoxy) is 1. The Bertz CT molecular complexity index is 661. The molecule has 0 aliphatic carbocycles. The minimum atomic E-state index is -0.523. The summed E-state index contributed by atoms with van der Waals surface area (Å²) >= 11 is 7.35. The third-order valence-electron chi connectivity index (χ3n) is 2.46. The number of thioether (sulfide) groups is 1. The molecule has 0 saturated carbocycles. The number of nitrogens with zero attached hydrogens (tertiary/aromatic N) is 3. The third kappa shape index (κ3) is 3.73. The number of halogens is 1. The van der Waals surface area contributed by atoms with Crippen LogP contribution >= 0.6 is 23.4 Å². The Morgan fingerprint density at radius 3 is 2.71 bits per heavy atom. The first-order valence-corrected chi connectivity index (χ1v) is 7.36. The van der Waals surface area contributed by atoms with E-state index in [-0.39, 0.29) is 16.5 Å². The van der Waals surface area contributed by atoms with E-state index in [2.05, 4.69) is 15.3 Å². The maximum absolute atomic E-state index is 10.7. The highest BCUT2D eigenvalue weighted by molar-refractivity contribution is 7.98. The van der Waals surface area contributed by atoms with Crippen LogP contribution in [0.5, 0.6) is 11.6 Å². The molecule has 1 aromatic heterocycles. The zero-order valence-corrected chi connectivity index (χ0v) is 12.7. The van der Waals surface area contributed by atoms with Crippen LogP contribution in [0.25, 0.3) is 0 Å². The highest BCUT2D eigenvalue weighted by atomic mass is 35.5. The molecule has 110 valence electrons. The van der Waals surface area contributed by atoms with Crippen molar-refractivity contribution in [2.45, 2.75) is 5.16 Å². The van der Waals surface area contributed by atoms with Crippen molar-refractivity contribution in [3.8, 4) is 11.6 Å². The van der Waals surface area contributed by atoms with Crippen LogP contribution in [0.3, 0.4) is 0 Å². The summed E-state index contributed by atoms with van der Waals surface area (Å²) < 4.78 is 5.57. The fraction of sp³-hybridized carbons (Fsp3) is 0.167. The van der Waals surface area contributed by atoms with Gasteiger partial charge in [0.05, 0.1) is 9.95 Å². The van der Waals surface area contributed by atoms with Crippen LogP contribution in [0.1, 0.15) is 0 Å². The van der Waals surface area contributed by atoms with Gasteiger partial charge in [0.1, 0.15) is 11.6 Å². The number of non-ortho nitro benzene ring substituents is 1. The Hall–Kier alpha value is -2.06. The first-order chi connectivity index (χ1) is 10.0. The molecule has 21 heavy (non-hydrogen) atoms. The van der Waals surface area contributed by atoms with Crippen molar-refractivity contribution >= 4 is 34.9 Å². The Labute approximate surface area is 129 Å². The SMILES string of the molecule is CNc1cc(Oc2ccc([N+](=O)[O-])cc2Cl)nc(SC)n1. The molecule has 2 aromatic rings. The van der Waals surface area contributed by atoms with Gasteiger partial charge in [-0.2, -0.15) is 4.98 Å². The topological polar surface area (TPSA) is 90.2 Å². The van der Waals surface area contributed by atoms with Crippen molar-refractivity contribution < 1.29 is 9.66 Å². The number of anilines is 1. The van der Waals surface area contributed by atoms with E-state index in [1.807, 2.05) is 6.26 Å². The van der Waals surface area contributed by atoms with Gasteiger partial charge in [-0.25, -0.2) is 4.98 Å². The second-order valence-corrected chi connectivity index (χ2v) is 4.98. The first kappa shape index (κ1) is 15.3. The molecular weight excluding hydrogens is 316 g/mol. The standard InChI is InChI=1S/C12H11ClN4O3S/c1-14-10-6-11(16-12(15-10)21-2)20-9-4-3-7(17(18)19)5-8(9)13/h3-6H,1-2H3,(H,14,15,16). The van der Waals surface area contributed by atoms with E-state index < -0.39 is 4.92 Å². The predicted octanol–water partition coefficient (Wildman–Crippen LogP) is 3.59. The van der Waals surface area contributed by atoms with Crippen molar-refractivity contribution in [3.05, 3.63) is 39.4 Å². The minimum Gasteiger partial charge on any atom is -0.437 e. The molecule has 0 bridgehead atoms. The summed E-state index contributed by atoms with van der Waals surface area (Å²) in [5.41, 5.74) is -0.101. The van der Waals surface area contributed by atoms with Crippen molar-refractivity contribution in [1.29, 1.82) is 0 Å². The normalized spacial score (nSPS) is 10.2. The van der Waals surface area contributed by atoms with E-state index in [0.29, 0.717) is 16.9 Å². The Morgan fingerprint density at radius 1 is 1.38 bits per heavy atom. The molecule has 0 unspecified atom stereocenters. The second kappa shape index (κ2) is 6.59. The van der Waals surface area contributed by atoms with Crippen LogP contribution in [-0.2, 0) is 0 Å². The van der Waals surface area contributed by atoms with Gasteiger partial charge in [0.15, 0.2) is 5.16 Å². The quantitative estimate of drug-likeness (QED) is 0.388. The molecule has 1 N–H and O–H groups in total. The first-order valence-electron chi connectivity index (χ1n) is 5.76. The number of hydrogen-bond acceptors (Lipinski definition) is 7. The lowest BCUT2D eigenvalue weighted by molar-refractivity contribution is -0.384. The zero-order valence-electron chi connectivity index (χ0n) is 11.2. The molecule has 0 saturated heterocycles. The summed E-state index contributed by atoms with van der Waals surface area (Å²) in [5.74, 6) is 1.19. The number of rotatable bonds is 5. The van der Waals surface area contributed by atoms with Crippen LogP contribution in [0.2, 0.25) is 5.02 Å². The lowest BCUT2D eigenvalue weighted by Crippen LogP contribution is -1.98. The van der Waals surface area contributed by atoms with Crippen molar-refractivity contribution in [1.82, 2.24) is 9.97 Å². The molecule has 1 aromatic carbocycles. The van der Waals surface area contributed by atoms with Crippen LogP contribution in [-0.4, -0.2) is 28.2 Å². The Balaban J connectivity index is 2.31. The molecule has 0 atom stereocenters. The third-order valence-corrected chi connectivity index (χ3v) is 3.30. The van der Waals surface area contributed by atoms with Crippen LogP contribution in [0.15, 0.2) is 29.4 Å². The number of aromatic nitrogens is 2. The summed E-state index contributed by atoms with van der Waals surface area (Å²) in [6.45, 7) is 0. The molecule has 9 heteroatoms. The van der Waals surface area contributed by atoms with Gasteiger partial charge in [0.2, 0.25) is 5.88 Å². The molecule has 0 spiro atoms. The van der Waals surface area contributed by atoms with Gasteiger partial charge in [-0.15, -0.1) is 0 Å². The summed E-state index contributed by atoms with van der Waals surface area (Å²) in [7, 11) is 1.73. The Morgan fingerprint density at radius 2 is 2.14 bits per heavy atom. The average Bonchev–Trinajstić information content (AvgIpc) is 2.48. The second-order valence-electron chi connectivity index (χ2n) is 3.80. The van der Waals surface area contributed by atoms with Gasteiger partial charge in [-0.1, -0.05) is 23.4 Å². The summed E-state index contributed by atoms with van der Waals surface area (Å²) in [6.07, 6.45) is 1.84. The van der Waals surface area contributed by atoms with Gasteiger partial charge in [0.25, 0.3) is 5.69 Å². The van der Waals surface area contributed by atoms with E-state index in [4.69, 9.17) is 16.3 Å². The van der Waals surface area contributed by atoms with E-state index in [0.717, 1.165) is 0 Å². The largest absolute Gasteiger partial charge is 0.437 e. The number of nitrogens with one attached hydrogen (secondary N) is 1. The monoisotopic (exact) mass is 326 g/mol. The molecular formula is C12H11ClN4O3S. The smallest absolute Gasteiger partial charge is 0.271 e. The van der Waals surface area contributed by atoms with E-state index >= 15 is 0 Å².